The fourth-order valence-corrected chi connectivity index (χ4v) is 5.56. The fourth-order valence-electron chi connectivity index (χ4n) is 4.74. The Kier molecular flexibility index (Phi) is 8.65. The Morgan fingerprint density at radius 1 is 0.925 bits per heavy atom. The summed E-state index contributed by atoms with van der Waals surface area (Å²) in [4.78, 5) is 48.1. The number of para-hydroxylation sites is 4. The summed E-state index contributed by atoms with van der Waals surface area (Å²) in [6.45, 7) is 2.96. The van der Waals surface area contributed by atoms with Gasteiger partial charge in [-0.15, -0.1) is 0 Å². The van der Waals surface area contributed by atoms with Crippen LogP contribution in [0.3, 0.4) is 0 Å². The van der Waals surface area contributed by atoms with E-state index in [-0.39, 0.29) is 36.1 Å². The molecule has 0 aliphatic carbocycles. The third kappa shape index (κ3) is 6.28. The Hall–Kier alpha value is -4.31. The van der Waals surface area contributed by atoms with Gasteiger partial charge in [-0.2, -0.15) is 0 Å². The summed E-state index contributed by atoms with van der Waals surface area (Å²) in [5, 5.41) is 3.73. The van der Waals surface area contributed by atoms with Crippen molar-refractivity contribution in [3.05, 3.63) is 89.2 Å². The summed E-state index contributed by atoms with van der Waals surface area (Å²) in [7, 11) is 1.54. The van der Waals surface area contributed by atoms with Crippen LogP contribution in [0.1, 0.15) is 6.42 Å². The molecule has 0 radical (unpaired) electrons. The molecule has 0 unspecified atom stereocenters. The van der Waals surface area contributed by atoms with Gasteiger partial charge in [0.25, 0.3) is 5.56 Å². The van der Waals surface area contributed by atoms with Crippen LogP contribution in [0.5, 0.6) is 5.75 Å². The van der Waals surface area contributed by atoms with Crippen molar-refractivity contribution in [3.8, 4) is 5.75 Å². The number of amides is 2. The third-order valence-electron chi connectivity index (χ3n) is 6.84. The SMILES string of the molecule is COc1ccccc1NC(=O)CSc1nc2ccccc2c(=O)n1CCC(=O)N1CCN(c2ccccc2)CC1. The lowest BCUT2D eigenvalue weighted by Crippen LogP contribution is -2.49. The van der Waals surface area contributed by atoms with Crippen LogP contribution >= 0.6 is 11.8 Å². The molecule has 1 aliphatic heterocycles. The summed E-state index contributed by atoms with van der Waals surface area (Å²) < 4.78 is 6.82. The highest BCUT2D eigenvalue weighted by Gasteiger charge is 2.22. The molecule has 2 amide bonds. The number of carbonyl (C=O) groups excluding carboxylic acids is 2. The number of benzene rings is 3. The quantitative estimate of drug-likeness (QED) is 0.247. The van der Waals surface area contributed by atoms with Gasteiger partial charge in [-0.25, -0.2) is 4.98 Å². The van der Waals surface area contributed by atoms with E-state index in [4.69, 9.17) is 4.74 Å². The highest BCUT2D eigenvalue weighted by molar-refractivity contribution is 7.99. The molecule has 0 saturated carbocycles. The van der Waals surface area contributed by atoms with Gasteiger partial charge in [0.1, 0.15) is 5.75 Å². The summed E-state index contributed by atoms with van der Waals surface area (Å²) in [6, 6.07) is 24.5. The molecule has 1 aliphatic rings. The van der Waals surface area contributed by atoms with Crippen molar-refractivity contribution in [2.75, 3.05) is 49.3 Å². The zero-order valence-corrected chi connectivity index (χ0v) is 23.1. The van der Waals surface area contributed by atoms with Crippen molar-refractivity contribution >= 4 is 45.9 Å². The molecule has 3 aromatic carbocycles. The Morgan fingerprint density at radius 2 is 1.62 bits per heavy atom. The Morgan fingerprint density at radius 3 is 2.40 bits per heavy atom. The molecular formula is C30H31N5O4S. The molecule has 40 heavy (non-hydrogen) atoms. The zero-order valence-electron chi connectivity index (χ0n) is 22.3. The number of methoxy groups -OCH3 is 1. The van der Waals surface area contributed by atoms with E-state index in [0.717, 1.165) is 18.8 Å². The summed E-state index contributed by atoms with van der Waals surface area (Å²) in [5.74, 6) is 0.344. The van der Waals surface area contributed by atoms with Gasteiger partial charge in [0.15, 0.2) is 5.16 Å². The van der Waals surface area contributed by atoms with Crippen LogP contribution in [0.4, 0.5) is 11.4 Å². The summed E-state index contributed by atoms with van der Waals surface area (Å²) in [6.07, 6.45) is 0.173. The van der Waals surface area contributed by atoms with Crippen LogP contribution in [0, 0.1) is 0 Å². The van der Waals surface area contributed by atoms with Gasteiger partial charge >= 0.3 is 0 Å². The highest BCUT2D eigenvalue weighted by Crippen LogP contribution is 2.24. The van der Waals surface area contributed by atoms with Crippen molar-refractivity contribution in [2.24, 2.45) is 0 Å². The lowest BCUT2D eigenvalue weighted by Gasteiger charge is -2.36. The molecule has 0 spiro atoms. The number of ether oxygens (including phenoxy) is 1. The molecule has 0 atom stereocenters. The second-order valence-electron chi connectivity index (χ2n) is 9.36. The van der Waals surface area contributed by atoms with E-state index in [9.17, 15) is 14.4 Å². The van der Waals surface area contributed by atoms with Crippen LogP contribution in [0.2, 0.25) is 0 Å². The Balaban J connectivity index is 1.26. The first-order chi connectivity index (χ1) is 19.5. The molecule has 1 saturated heterocycles. The maximum Gasteiger partial charge on any atom is 0.262 e. The van der Waals surface area contributed by atoms with Crippen molar-refractivity contribution in [1.82, 2.24) is 14.5 Å². The number of hydrogen-bond donors (Lipinski definition) is 1. The lowest BCUT2D eigenvalue weighted by atomic mass is 10.2. The minimum Gasteiger partial charge on any atom is -0.495 e. The van der Waals surface area contributed by atoms with E-state index in [1.54, 1.807) is 37.4 Å². The van der Waals surface area contributed by atoms with E-state index in [1.165, 1.54) is 16.3 Å². The normalized spacial score (nSPS) is 13.3. The Labute approximate surface area is 236 Å². The molecule has 1 N–H and O–H groups in total. The number of piperazine rings is 1. The fraction of sp³-hybridized carbons (Fsp3) is 0.267. The number of aromatic nitrogens is 2. The van der Waals surface area contributed by atoms with Gasteiger partial charge in [0.05, 0.1) is 29.5 Å². The Bertz CT molecular complexity index is 1550. The lowest BCUT2D eigenvalue weighted by molar-refractivity contribution is -0.131. The van der Waals surface area contributed by atoms with Crippen molar-refractivity contribution in [1.29, 1.82) is 0 Å². The largest absolute Gasteiger partial charge is 0.495 e. The number of nitrogens with one attached hydrogen (secondary N) is 1. The van der Waals surface area contributed by atoms with Crippen molar-refractivity contribution in [3.63, 3.8) is 0 Å². The van der Waals surface area contributed by atoms with Crippen molar-refractivity contribution < 1.29 is 14.3 Å². The minimum atomic E-state index is -0.254. The van der Waals surface area contributed by atoms with Gasteiger partial charge in [0, 0.05) is 44.8 Å². The molecular weight excluding hydrogens is 526 g/mol. The van der Waals surface area contributed by atoms with Gasteiger partial charge in [0.2, 0.25) is 11.8 Å². The third-order valence-corrected chi connectivity index (χ3v) is 7.82. The number of nitrogens with zero attached hydrogens (tertiary/aromatic N) is 4. The zero-order chi connectivity index (χ0) is 27.9. The molecule has 1 aromatic heterocycles. The molecule has 1 fully saturated rings. The smallest absolute Gasteiger partial charge is 0.262 e. The van der Waals surface area contributed by atoms with Crippen LogP contribution in [-0.2, 0) is 16.1 Å². The molecule has 5 rings (SSSR count). The molecule has 0 bridgehead atoms. The first kappa shape index (κ1) is 27.3. The molecule has 4 aromatic rings. The van der Waals surface area contributed by atoms with E-state index in [1.807, 2.05) is 41.3 Å². The average molecular weight is 558 g/mol. The van der Waals surface area contributed by atoms with Gasteiger partial charge in [-0.1, -0.05) is 54.2 Å². The number of hydrogen-bond acceptors (Lipinski definition) is 7. The minimum absolute atomic E-state index is 0.00219. The second kappa shape index (κ2) is 12.7. The van der Waals surface area contributed by atoms with Crippen LogP contribution in [-0.4, -0.2) is 65.3 Å². The van der Waals surface area contributed by atoms with E-state index >= 15 is 0 Å². The maximum absolute atomic E-state index is 13.4. The molecule has 2 heterocycles. The van der Waals surface area contributed by atoms with Crippen LogP contribution in [0.15, 0.2) is 88.8 Å². The standard InChI is InChI=1S/C30H31N5O4S/c1-39-26-14-8-7-13-25(26)31-27(36)21-40-30-32-24-12-6-5-11-23(24)29(38)35(30)16-15-28(37)34-19-17-33(18-20-34)22-9-3-2-4-10-22/h2-14H,15-21H2,1H3,(H,31,36). The number of thioether (sulfide) groups is 1. The highest BCUT2D eigenvalue weighted by atomic mass is 32.2. The topological polar surface area (TPSA) is 96.8 Å². The molecule has 9 nitrogen and oxygen atoms in total. The monoisotopic (exact) mass is 557 g/mol. The van der Waals surface area contributed by atoms with E-state index in [0.29, 0.717) is 40.6 Å². The molecule has 10 heteroatoms. The summed E-state index contributed by atoms with van der Waals surface area (Å²) in [5.41, 5.74) is 2.05. The second-order valence-corrected chi connectivity index (χ2v) is 10.3. The number of anilines is 2. The predicted octanol–water partition coefficient (Wildman–Crippen LogP) is 3.87. The van der Waals surface area contributed by atoms with Crippen LogP contribution in [0.25, 0.3) is 10.9 Å². The number of fused-ring (bicyclic) bond motifs is 1. The average Bonchev–Trinajstić information content (AvgIpc) is 3.00. The van der Waals surface area contributed by atoms with E-state index in [2.05, 4.69) is 27.3 Å². The first-order valence-electron chi connectivity index (χ1n) is 13.2. The van der Waals surface area contributed by atoms with E-state index < -0.39 is 0 Å². The first-order valence-corrected chi connectivity index (χ1v) is 14.1. The van der Waals surface area contributed by atoms with Gasteiger partial charge in [-0.05, 0) is 36.4 Å². The maximum atomic E-state index is 13.4. The van der Waals surface area contributed by atoms with Crippen LogP contribution < -0.4 is 20.5 Å². The van der Waals surface area contributed by atoms with Gasteiger partial charge in [-0.3, -0.25) is 19.0 Å². The number of rotatable bonds is 9. The number of carbonyl (C=O) groups is 2. The predicted molar refractivity (Wildman–Crippen MR) is 158 cm³/mol. The van der Waals surface area contributed by atoms with Crippen molar-refractivity contribution in [2.45, 2.75) is 18.1 Å². The molecule has 206 valence electrons. The van der Waals surface area contributed by atoms with Gasteiger partial charge < -0.3 is 19.9 Å². The summed E-state index contributed by atoms with van der Waals surface area (Å²) >= 11 is 1.17.